The minimum Gasteiger partial charge on any atom is -0.497 e. The summed E-state index contributed by atoms with van der Waals surface area (Å²) in [6, 6.07) is 15.1. The first-order valence-electron chi connectivity index (χ1n) is 11.3. The number of anilines is 1. The molecule has 2 aromatic carbocycles. The molecule has 0 spiro atoms. The highest BCUT2D eigenvalue weighted by Gasteiger charge is 2.19. The van der Waals surface area contributed by atoms with Gasteiger partial charge in [-0.25, -0.2) is 4.98 Å². The number of carbonyl (C=O) groups is 2. The maximum absolute atomic E-state index is 13.0. The number of aromatic nitrogens is 1. The number of ether oxygens (including phenoxy) is 1. The Morgan fingerprint density at radius 1 is 1.03 bits per heavy atom. The fourth-order valence-electron chi connectivity index (χ4n) is 3.81. The number of halogens is 1. The molecule has 1 aliphatic rings. The van der Waals surface area contributed by atoms with E-state index < -0.39 is 5.91 Å². The molecule has 0 bridgehead atoms. The number of piperidine rings is 1. The van der Waals surface area contributed by atoms with Gasteiger partial charge in [0.1, 0.15) is 11.6 Å². The summed E-state index contributed by atoms with van der Waals surface area (Å²) >= 11 is 3.30. The van der Waals surface area contributed by atoms with Crippen LogP contribution in [0, 0.1) is 5.41 Å². The lowest BCUT2D eigenvalue weighted by Gasteiger charge is -2.29. The van der Waals surface area contributed by atoms with Gasteiger partial charge in [-0.1, -0.05) is 12.1 Å². The van der Waals surface area contributed by atoms with Crippen LogP contribution in [0.2, 0.25) is 0 Å². The standard InChI is InChI=1S/C26H25BrN5O3/c1-35-20-10-11-22(21(15-20)26(34)31-23-12-9-19(27)16-29-23)30-25(33)18-7-5-17(6-8-18)24(28)32-13-3-2-4-14-32/h5-12,15-16,28H,2-4,13-14H2,1H3,(H,30,33). The van der Waals surface area contributed by atoms with Crippen molar-refractivity contribution in [1.29, 1.82) is 5.41 Å². The topological polar surface area (TPSA) is 109 Å². The quantitative estimate of drug-likeness (QED) is 0.341. The predicted octanol–water partition coefficient (Wildman–Crippen LogP) is 4.99. The molecule has 2 amide bonds. The first kappa shape index (κ1) is 24.4. The van der Waals surface area contributed by atoms with Gasteiger partial charge in [0.15, 0.2) is 5.82 Å². The lowest BCUT2D eigenvalue weighted by Crippen LogP contribution is -2.35. The number of amides is 2. The third kappa shape index (κ3) is 6.05. The van der Waals surface area contributed by atoms with E-state index in [1.165, 1.54) is 19.6 Å². The van der Waals surface area contributed by atoms with Crippen molar-refractivity contribution in [2.24, 2.45) is 0 Å². The van der Waals surface area contributed by atoms with Crippen LogP contribution in [0.25, 0.3) is 0 Å². The van der Waals surface area contributed by atoms with Gasteiger partial charge in [-0.15, -0.1) is 0 Å². The van der Waals surface area contributed by atoms with Crippen LogP contribution in [0.3, 0.4) is 0 Å². The van der Waals surface area contributed by atoms with Gasteiger partial charge in [0.25, 0.3) is 11.8 Å². The number of benzene rings is 2. The summed E-state index contributed by atoms with van der Waals surface area (Å²) in [5.74, 6) is 0.264. The molecule has 1 fully saturated rings. The van der Waals surface area contributed by atoms with Crippen LogP contribution in [-0.4, -0.2) is 47.7 Å². The Labute approximate surface area is 212 Å². The Morgan fingerprint density at radius 2 is 1.74 bits per heavy atom. The van der Waals surface area contributed by atoms with Crippen LogP contribution >= 0.6 is 15.9 Å². The summed E-state index contributed by atoms with van der Waals surface area (Å²) in [5, 5.41) is 15.3. The second-order valence-corrected chi connectivity index (χ2v) is 9.01. The van der Waals surface area contributed by atoms with Crippen molar-refractivity contribution in [2.75, 3.05) is 25.5 Å². The van der Waals surface area contributed by atoms with Crippen molar-refractivity contribution < 1.29 is 14.3 Å². The fraction of sp³-hybridized carbons (Fsp3) is 0.231. The Balaban J connectivity index is 1.49. The van der Waals surface area contributed by atoms with Gasteiger partial charge < -0.3 is 15.0 Å². The summed E-state index contributed by atoms with van der Waals surface area (Å²) in [6.45, 7) is 1.77. The molecule has 1 aliphatic heterocycles. The molecule has 2 N–H and O–H groups in total. The average molecular weight is 535 g/mol. The van der Waals surface area contributed by atoms with Crippen molar-refractivity contribution in [2.45, 2.75) is 19.3 Å². The predicted molar refractivity (Wildman–Crippen MR) is 138 cm³/mol. The molecule has 1 saturated heterocycles. The van der Waals surface area contributed by atoms with E-state index >= 15 is 0 Å². The summed E-state index contributed by atoms with van der Waals surface area (Å²) in [6.07, 6.45) is 4.94. The number of carbonyl (C=O) groups excluding carboxylic acids is 2. The summed E-state index contributed by atoms with van der Waals surface area (Å²) in [4.78, 5) is 32.1. The summed E-state index contributed by atoms with van der Waals surface area (Å²) < 4.78 is 6.02. The molecule has 9 heteroatoms. The van der Waals surface area contributed by atoms with E-state index in [4.69, 9.17) is 10.1 Å². The molecule has 2 heterocycles. The summed E-state index contributed by atoms with van der Waals surface area (Å²) in [5.41, 5.74) is 1.68. The smallest absolute Gasteiger partial charge is 0.281 e. The molecule has 1 aromatic heterocycles. The van der Waals surface area contributed by atoms with Gasteiger partial charge in [-0.05, 0) is 77.7 Å². The summed E-state index contributed by atoms with van der Waals surface area (Å²) in [7, 11) is 1.50. The van der Waals surface area contributed by atoms with Crippen molar-refractivity contribution >= 4 is 45.1 Å². The molecule has 35 heavy (non-hydrogen) atoms. The van der Waals surface area contributed by atoms with Crippen LogP contribution in [0.4, 0.5) is 11.5 Å². The van der Waals surface area contributed by atoms with Gasteiger partial charge in [0.2, 0.25) is 0 Å². The Bertz CT molecular complexity index is 1220. The van der Waals surface area contributed by atoms with E-state index in [2.05, 4.69) is 36.4 Å². The Hall–Kier alpha value is -3.72. The van der Waals surface area contributed by atoms with E-state index in [1.54, 1.807) is 54.7 Å². The highest BCUT2D eigenvalue weighted by molar-refractivity contribution is 9.10. The molecular formula is C26H25BrN5O3. The minimum atomic E-state index is -0.556. The minimum absolute atomic E-state index is 0.186. The fourth-order valence-corrected chi connectivity index (χ4v) is 4.04. The third-order valence-electron chi connectivity index (χ3n) is 5.73. The number of pyridine rings is 1. The Kier molecular flexibility index (Phi) is 7.77. The van der Waals surface area contributed by atoms with Gasteiger partial charge in [0, 0.05) is 34.9 Å². The number of rotatable bonds is 6. The first-order valence-corrected chi connectivity index (χ1v) is 12.0. The largest absolute Gasteiger partial charge is 0.497 e. The van der Waals surface area contributed by atoms with Crippen molar-refractivity contribution in [3.63, 3.8) is 0 Å². The molecule has 4 rings (SSSR count). The zero-order valence-corrected chi connectivity index (χ0v) is 20.8. The molecule has 179 valence electrons. The van der Waals surface area contributed by atoms with Crippen molar-refractivity contribution in [1.82, 2.24) is 15.2 Å². The second-order valence-electron chi connectivity index (χ2n) is 8.09. The van der Waals surface area contributed by atoms with Crippen LogP contribution in [0.1, 0.15) is 45.5 Å². The number of hydrogen-bond acceptors (Lipinski definition) is 5. The van der Waals surface area contributed by atoms with E-state index in [-0.39, 0.29) is 17.3 Å². The number of nitrogens with one attached hydrogen (secondary N) is 2. The number of amidine groups is 1. The lowest BCUT2D eigenvalue weighted by atomic mass is 10.1. The lowest BCUT2D eigenvalue weighted by molar-refractivity contribution is 0.0968. The number of nitrogens with zero attached hydrogens (tertiary/aromatic N) is 3. The molecule has 0 saturated carbocycles. The normalized spacial score (nSPS) is 13.1. The molecular weight excluding hydrogens is 510 g/mol. The van der Waals surface area contributed by atoms with E-state index in [1.807, 2.05) is 0 Å². The molecule has 3 aromatic rings. The highest BCUT2D eigenvalue weighted by atomic mass is 79.9. The Morgan fingerprint density at radius 3 is 2.40 bits per heavy atom. The molecule has 0 atom stereocenters. The third-order valence-corrected chi connectivity index (χ3v) is 6.20. The maximum atomic E-state index is 13.0. The molecule has 0 unspecified atom stereocenters. The number of hydrogen-bond donors (Lipinski definition) is 2. The van der Waals surface area contributed by atoms with E-state index in [0.717, 1.165) is 36.0 Å². The second kappa shape index (κ2) is 11.1. The zero-order chi connectivity index (χ0) is 24.8. The SMILES string of the molecule is COc1ccc(NC(=O)c2ccc(C(=N)N3CCCCC3)cc2)c(C(=O)[N]c2ccc(Br)cn2)c1. The average Bonchev–Trinajstić information content (AvgIpc) is 2.90. The van der Waals surface area contributed by atoms with E-state index in [9.17, 15) is 9.59 Å². The van der Waals surface area contributed by atoms with Gasteiger partial charge >= 0.3 is 0 Å². The van der Waals surface area contributed by atoms with Crippen molar-refractivity contribution in [3.05, 3.63) is 82.0 Å². The van der Waals surface area contributed by atoms with Gasteiger partial charge in [-0.2, -0.15) is 5.32 Å². The van der Waals surface area contributed by atoms with Crippen LogP contribution in [0.5, 0.6) is 5.75 Å². The maximum Gasteiger partial charge on any atom is 0.281 e. The van der Waals surface area contributed by atoms with E-state index in [0.29, 0.717) is 22.8 Å². The highest BCUT2D eigenvalue weighted by Crippen LogP contribution is 2.24. The van der Waals surface area contributed by atoms with Crippen molar-refractivity contribution in [3.8, 4) is 5.75 Å². The molecule has 8 nitrogen and oxygen atoms in total. The molecule has 0 aliphatic carbocycles. The van der Waals surface area contributed by atoms with Gasteiger partial charge in [0.05, 0.1) is 18.4 Å². The van der Waals surface area contributed by atoms with Crippen LogP contribution < -0.4 is 15.4 Å². The first-order chi connectivity index (χ1) is 16.9. The zero-order valence-electron chi connectivity index (χ0n) is 19.3. The van der Waals surface area contributed by atoms with Crippen LogP contribution in [0.15, 0.2) is 65.3 Å². The molecule has 1 radical (unpaired) electrons. The monoisotopic (exact) mass is 534 g/mol. The van der Waals surface area contributed by atoms with Gasteiger partial charge in [-0.3, -0.25) is 15.0 Å². The number of likely N-dealkylation sites (tertiary alicyclic amines) is 1. The van der Waals surface area contributed by atoms with Crippen LogP contribution in [-0.2, 0) is 0 Å². The number of methoxy groups -OCH3 is 1.